The number of fused-ring (bicyclic) bond motifs is 2. The fourth-order valence-electron chi connectivity index (χ4n) is 5.55. The first-order valence-electron chi connectivity index (χ1n) is 13.9. The van der Waals surface area contributed by atoms with Crippen molar-refractivity contribution < 1.29 is 32.5 Å². The SMILES string of the molecule is Cc1ccc(COc2nc3c(cc2C(F)(F)F)CCN(Cc2nc4ccc(C(=O)O)cc4n2C[C@@H]2CCO2)[C@H]3C)cc1. The van der Waals surface area contributed by atoms with Crippen LogP contribution in [0, 0.1) is 6.92 Å². The molecular weight excluding hydrogens is 549 g/mol. The van der Waals surface area contributed by atoms with Gasteiger partial charge in [0.25, 0.3) is 0 Å². The molecule has 0 unspecified atom stereocenters. The normalized spacial score (nSPS) is 19.0. The van der Waals surface area contributed by atoms with Gasteiger partial charge < -0.3 is 19.1 Å². The number of aromatic carboxylic acids is 1. The predicted molar refractivity (Wildman–Crippen MR) is 148 cm³/mol. The van der Waals surface area contributed by atoms with Crippen LogP contribution in [0.25, 0.3) is 11.0 Å². The Morgan fingerprint density at radius 3 is 2.57 bits per heavy atom. The molecule has 0 amide bonds. The number of hydrogen-bond acceptors (Lipinski definition) is 6. The summed E-state index contributed by atoms with van der Waals surface area (Å²) in [6.45, 7) is 5.98. The van der Waals surface area contributed by atoms with Gasteiger partial charge in [0, 0.05) is 13.2 Å². The highest BCUT2D eigenvalue weighted by molar-refractivity contribution is 5.92. The number of carbonyl (C=O) groups is 1. The number of hydrogen-bond donors (Lipinski definition) is 1. The van der Waals surface area contributed by atoms with Crippen LogP contribution in [0.2, 0.25) is 0 Å². The van der Waals surface area contributed by atoms with E-state index in [2.05, 4.69) is 9.88 Å². The van der Waals surface area contributed by atoms with Crippen LogP contribution in [0.15, 0.2) is 48.5 Å². The fourth-order valence-corrected chi connectivity index (χ4v) is 5.55. The number of halogens is 3. The first-order valence-corrected chi connectivity index (χ1v) is 13.9. The van der Waals surface area contributed by atoms with Crippen molar-refractivity contribution in [1.82, 2.24) is 19.4 Å². The summed E-state index contributed by atoms with van der Waals surface area (Å²) in [5, 5.41) is 9.53. The highest BCUT2D eigenvalue weighted by Crippen LogP contribution is 2.40. The number of aromatic nitrogens is 3. The monoisotopic (exact) mass is 580 g/mol. The summed E-state index contributed by atoms with van der Waals surface area (Å²) in [5.74, 6) is -0.704. The van der Waals surface area contributed by atoms with Gasteiger partial charge >= 0.3 is 12.1 Å². The molecule has 0 spiro atoms. The number of ether oxygens (including phenoxy) is 2. The lowest BCUT2D eigenvalue weighted by molar-refractivity contribution is -0.139. The lowest BCUT2D eigenvalue weighted by Crippen LogP contribution is -2.36. The van der Waals surface area contributed by atoms with Crippen LogP contribution in [0.4, 0.5) is 13.2 Å². The van der Waals surface area contributed by atoms with Gasteiger partial charge in [-0.05, 0) is 62.1 Å². The van der Waals surface area contributed by atoms with Crippen molar-refractivity contribution in [2.45, 2.75) is 64.7 Å². The third-order valence-electron chi connectivity index (χ3n) is 8.11. The smallest absolute Gasteiger partial charge is 0.421 e. The van der Waals surface area contributed by atoms with E-state index in [9.17, 15) is 23.1 Å². The molecule has 2 aromatic carbocycles. The van der Waals surface area contributed by atoms with E-state index in [1.54, 1.807) is 12.1 Å². The van der Waals surface area contributed by atoms with Crippen LogP contribution in [-0.2, 0) is 37.0 Å². The van der Waals surface area contributed by atoms with Gasteiger partial charge in [0.15, 0.2) is 0 Å². The summed E-state index contributed by atoms with van der Waals surface area (Å²) in [4.78, 5) is 23.0. The molecule has 0 bridgehead atoms. The van der Waals surface area contributed by atoms with E-state index >= 15 is 0 Å². The molecule has 220 valence electrons. The zero-order valence-corrected chi connectivity index (χ0v) is 23.3. The molecule has 2 atom stereocenters. The van der Waals surface area contributed by atoms with Gasteiger partial charge in [-0.15, -0.1) is 0 Å². The summed E-state index contributed by atoms with van der Waals surface area (Å²) in [6.07, 6.45) is -3.29. The highest BCUT2D eigenvalue weighted by Gasteiger charge is 2.38. The number of alkyl halides is 3. The number of benzene rings is 2. The molecule has 6 rings (SSSR count). The van der Waals surface area contributed by atoms with Crippen molar-refractivity contribution in [2.24, 2.45) is 0 Å². The number of nitrogens with zero attached hydrogens (tertiary/aromatic N) is 4. The second kappa shape index (κ2) is 11.0. The van der Waals surface area contributed by atoms with Crippen molar-refractivity contribution in [3.8, 4) is 5.88 Å². The molecule has 0 saturated carbocycles. The van der Waals surface area contributed by atoms with E-state index in [1.807, 2.05) is 42.7 Å². The molecule has 1 saturated heterocycles. The Hall–Kier alpha value is -3.96. The first kappa shape index (κ1) is 28.2. The second-order valence-electron chi connectivity index (χ2n) is 11.0. The summed E-state index contributed by atoms with van der Waals surface area (Å²) in [6, 6.07) is 13.2. The molecule has 4 aromatic rings. The first-order chi connectivity index (χ1) is 20.1. The number of aryl methyl sites for hydroxylation is 1. The standard InChI is InChI=1S/C31H31F3N4O4/c1-18-3-5-20(6-4-18)17-42-29-24(31(32,33)34)13-21-9-11-37(19(2)28(21)36-29)16-27-35-25-8-7-22(30(39)40)14-26(25)38(27)15-23-10-12-41-23/h3-8,13-14,19,23H,9-12,15-17H2,1-2H3,(H,39,40)/t19-,23-/m0/s1. The Balaban J connectivity index is 1.30. The minimum Gasteiger partial charge on any atom is -0.478 e. The largest absolute Gasteiger partial charge is 0.478 e. The zero-order chi connectivity index (χ0) is 29.6. The number of carboxylic acids is 1. The zero-order valence-electron chi connectivity index (χ0n) is 23.3. The third-order valence-corrected chi connectivity index (χ3v) is 8.11. The Morgan fingerprint density at radius 2 is 1.90 bits per heavy atom. The molecule has 1 N–H and O–H groups in total. The van der Waals surface area contributed by atoms with Crippen LogP contribution < -0.4 is 4.74 Å². The number of imidazole rings is 1. The Kier molecular flexibility index (Phi) is 7.40. The van der Waals surface area contributed by atoms with Gasteiger partial charge in [0.05, 0.1) is 47.5 Å². The molecule has 0 aliphatic carbocycles. The number of rotatable bonds is 8. The second-order valence-corrected chi connectivity index (χ2v) is 11.0. The molecular formula is C31H31F3N4O4. The highest BCUT2D eigenvalue weighted by atomic mass is 19.4. The Morgan fingerprint density at radius 1 is 1.14 bits per heavy atom. The van der Waals surface area contributed by atoms with Crippen LogP contribution in [0.3, 0.4) is 0 Å². The third kappa shape index (κ3) is 5.58. The quantitative estimate of drug-likeness (QED) is 0.276. The Bertz CT molecular complexity index is 1630. The van der Waals surface area contributed by atoms with Crippen LogP contribution in [0.1, 0.15) is 63.5 Å². The van der Waals surface area contributed by atoms with E-state index in [0.717, 1.165) is 23.4 Å². The van der Waals surface area contributed by atoms with E-state index in [-0.39, 0.29) is 24.3 Å². The summed E-state index contributed by atoms with van der Waals surface area (Å²) in [5.41, 5.74) is 3.60. The van der Waals surface area contributed by atoms with Gasteiger partial charge in [-0.1, -0.05) is 29.8 Å². The van der Waals surface area contributed by atoms with Gasteiger partial charge in [-0.2, -0.15) is 13.2 Å². The van der Waals surface area contributed by atoms with Crippen LogP contribution in [0.5, 0.6) is 5.88 Å². The van der Waals surface area contributed by atoms with Crippen LogP contribution in [-0.4, -0.2) is 49.8 Å². The van der Waals surface area contributed by atoms with E-state index < -0.39 is 23.6 Å². The summed E-state index contributed by atoms with van der Waals surface area (Å²) in [7, 11) is 0. The maximum absolute atomic E-state index is 14.0. The minimum absolute atomic E-state index is 0.0184. The molecule has 2 aliphatic heterocycles. The lowest BCUT2D eigenvalue weighted by Gasteiger charge is -2.35. The van der Waals surface area contributed by atoms with Gasteiger partial charge in [0.2, 0.25) is 5.88 Å². The van der Waals surface area contributed by atoms with E-state index in [1.165, 1.54) is 12.1 Å². The molecule has 8 nitrogen and oxygen atoms in total. The maximum Gasteiger partial charge on any atom is 0.421 e. The van der Waals surface area contributed by atoms with E-state index in [4.69, 9.17) is 14.5 Å². The van der Waals surface area contributed by atoms with Gasteiger partial charge in [-0.3, -0.25) is 4.90 Å². The van der Waals surface area contributed by atoms with Crippen molar-refractivity contribution in [3.63, 3.8) is 0 Å². The lowest BCUT2D eigenvalue weighted by atomic mass is 9.97. The van der Waals surface area contributed by atoms with Crippen molar-refractivity contribution >= 4 is 17.0 Å². The van der Waals surface area contributed by atoms with E-state index in [0.29, 0.717) is 55.0 Å². The predicted octanol–water partition coefficient (Wildman–Crippen LogP) is 5.94. The molecule has 1 fully saturated rings. The molecule has 2 aliphatic rings. The molecule has 0 radical (unpaired) electrons. The Labute approximate surface area is 240 Å². The fraction of sp³-hybridized carbons (Fsp3) is 0.387. The maximum atomic E-state index is 14.0. The van der Waals surface area contributed by atoms with Crippen molar-refractivity contribution in [3.05, 3.63) is 87.9 Å². The van der Waals surface area contributed by atoms with Crippen LogP contribution >= 0.6 is 0 Å². The average Bonchev–Trinajstić information content (AvgIpc) is 3.27. The summed E-state index contributed by atoms with van der Waals surface area (Å²) < 4.78 is 55.4. The van der Waals surface area contributed by atoms with Crippen molar-refractivity contribution in [1.29, 1.82) is 0 Å². The van der Waals surface area contributed by atoms with Gasteiger partial charge in [0.1, 0.15) is 18.0 Å². The number of pyridine rings is 1. The molecule has 2 aromatic heterocycles. The summed E-state index contributed by atoms with van der Waals surface area (Å²) >= 11 is 0. The number of carboxylic acid groups (broad SMARTS) is 1. The van der Waals surface area contributed by atoms with Crippen molar-refractivity contribution in [2.75, 3.05) is 13.2 Å². The molecule has 42 heavy (non-hydrogen) atoms. The average molecular weight is 581 g/mol. The molecule has 11 heteroatoms. The molecule has 4 heterocycles. The minimum atomic E-state index is -4.60. The van der Waals surface area contributed by atoms with Gasteiger partial charge in [-0.25, -0.2) is 14.8 Å². The topological polar surface area (TPSA) is 89.7 Å².